The van der Waals surface area contributed by atoms with Crippen molar-refractivity contribution in [1.29, 1.82) is 0 Å². The van der Waals surface area contributed by atoms with E-state index in [1.165, 1.54) is 12.7 Å². The molecule has 1 aliphatic rings. The van der Waals surface area contributed by atoms with Crippen LogP contribution in [0.15, 0.2) is 18.3 Å². The van der Waals surface area contributed by atoms with Gasteiger partial charge in [-0.05, 0) is 76.2 Å². The number of nitrogens with zero attached hydrogens (tertiary/aromatic N) is 2. The predicted octanol–water partition coefficient (Wildman–Crippen LogP) is 3.82. The number of nitrogens with one attached hydrogen (secondary N) is 2. The van der Waals surface area contributed by atoms with E-state index in [1.54, 1.807) is 0 Å². The summed E-state index contributed by atoms with van der Waals surface area (Å²) < 4.78 is 4.61. The summed E-state index contributed by atoms with van der Waals surface area (Å²) in [7, 11) is 1.37. The van der Waals surface area contributed by atoms with Gasteiger partial charge in [0.25, 0.3) is 0 Å². The summed E-state index contributed by atoms with van der Waals surface area (Å²) in [6.07, 6.45) is 6.33. The minimum absolute atomic E-state index is 0.0796. The van der Waals surface area contributed by atoms with E-state index in [9.17, 15) is 9.59 Å². The molecule has 7 heteroatoms. The number of methoxy groups -OCH3 is 1. The van der Waals surface area contributed by atoms with E-state index >= 15 is 0 Å². The number of aromatic amines is 1. The number of rotatable bonds is 8. The number of ether oxygens (including phenoxy) is 1. The van der Waals surface area contributed by atoms with Crippen molar-refractivity contribution < 1.29 is 14.3 Å². The molecule has 2 aromatic heterocycles. The van der Waals surface area contributed by atoms with E-state index in [0.29, 0.717) is 43.5 Å². The highest BCUT2D eigenvalue weighted by Crippen LogP contribution is 2.33. The molecule has 0 radical (unpaired) electrons. The average molecular weight is 401 g/mol. The summed E-state index contributed by atoms with van der Waals surface area (Å²) >= 11 is 0. The molecule has 0 saturated carbocycles. The van der Waals surface area contributed by atoms with Crippen molar-refractivity contribution in [3.63, 3.8) is 0 Å². The zero-order valence-electron chi connectivity index (χ0n) is 17.7. The van der Waals surface area contributed by atoms with Gasteiger partial charge in [-0.1, -0.05) is 0 Å². The second-order valence-corrected chi connectivity index (χ2v) is 8.07. The third-order valence-electron chi connectivity index (χ3n) is 5.78. The summed E-state index contributed by atoms with van der Waals surface area (Å²) in [5.74, 6) is 0.757. The van der Waals surface area contributed by atoms with Gasteiger partial charge in [0.2, 0.25) is 5.91 Å². The molecule has 7 nitrogen and oxygen atoms in total. The summed E-state index contributed by atoms with van der Waals surface area (Å²) in [5, 5.41) is 2.89. The number of aromatic nitrogens is 2. The molecule has 1 amide bonds. The van der Waals surface area contributed by atoms with Crippen molar-refractivity contribution in [2.45, 2.75) is 64.3 Å². The maximum atomic E-state index is 12.2. The topological polar surface area (TPSA) is 87.3 Å². The molecular formula is C22H32N4O3. The van der Waals surface area contributed by atoms with Crippen molar-refractivity contribution in [3.05, 3.63) is 23.9 Å². The second-order valence-electron chi connectivity index (χ2n) is 8.07. The van der Waals surface area contributed by atoms with Crippen LogP contribution in [0.1, 0.15) is 63.9 Å². The number of unbranched alkanes of at least 4 members (excludes halogenated alkanes) is 1. The molecule has 3 heterocycles. The Labute approximate surface area is 172 Å². The van der Waals surface area contributed by atoms with Gasteiger partial charge in [-0.3, -0.25) is 9.59 Å². The van der Waals surface area contributed by atoms with E-state index in [2.05, 4.69) is 40.0 Å². The van der Waals surface area contributed by atoms with Crippen LogP contribution < -0.4 is 5.32 Å². The highest BCUT2D eigenvalue weighted by atomic mass is 16.5. The van der Waals surface area contributed by atoms with E-state index in [4.69, 9.17) is 4.98 Å². The standard InChI is InChI=1S/C22H32N4O3/c1-15(2)26-12-10-16(11-13-26)17-14-23-18-8-9-19(25-22(17)18)24-20(27)6-4-5-7-21(28)29-3/h8-9,14-16,23H,4-7,10-13H2,1-3H3,(H,24,25,27). The van der Waals surface area contributed by atoms with Crippen LogP contribution in [0.25, 0.3) is 11.0 Å². The Kier molecular flexibility index (Phi) is 7.25. The van der Waals surface area contributed by atoms with Gasteiger partial charge in [0.1, 0.15) is 5.82 Å². The summed E-state index contributed by atoms with van der Waals surface area (Å²) in [6, 6.07) is 4.39. The first-order valence-corrected chi connectivity index (χ1v) is 10.6. The Morgan fingerprint density at radius 1 is 1.24 bits per heavy atom. The van der Waals surface area contributed by atoms with Crippen LogP contribution in [-0.4, -0.2) is 53.0 Å². The SMILES string of the molecule is COC(=O)CCCCC(=O)Nc1ccc2[nH]cc(C3CCN(C(C)C)CC3)c2n1. The smallest absolute Gasteiger partial charge is 0.305 e. The van der Waals surface area contributed by atoms with E-state index in [0.717, 1.165) is 37.0 Å². The molecule has 1 fully saturated rings. The quantitative estimate of drug-likeness (QED) is 0.519. The van der Waals surface area contributed by atoms with Crippen LogP contribution in [0.2, 0.25) is 0 Å². The lowest BCUT2D eigenvalue weighted by Crippen LogP contribution is -2.37. The van der Waals surface area contributed by atoms with E-state index < -0.39 is 0 Å². The van der Waals surface area contributed by atoms with Crippen LogP contribution in [0.4, 0.5) is 5.82 Å². The van der Waals surface area contributed by atoms with E-state index in [-0.39, 0.29) is 11.9 Å². The monoisotopic (exact) mass is 400 g/mol. The molecule has 1 saturated heterocycles. The van der Waals surface area contributed by atoms with Gasteiger partial charge in [0, 0.05) is 25.1 Å². The van der Waals surface area contributed by atoms with E-state index in [1.807, 2.05) is 12.1 Å². The van der Waals surface area contributed by atoms with Crippen LogP contribution in [0.5, 0.6) is 0 Å². The maximum absolute atomic E-state index is 12.2. The molecule has 0 atom stereocenters. The fourth-order valence-corrected chi connectivity index (χ4v) is 3.99. The van der Waals surface area contributed by atoms with Crippen LogP contribution in [0, 0.1) is 0 Å². The minimum Gasteiger partial charge on any atom is -0.469 e. The van der Waals surface area contributed by atoms with Gasteiger partial charge >= 0.3 is 5.97 Å². The number of anilines is 1. The van der Waals surface area contributed by atoms with Gasteiger partial charge in [0.15, 0.2) is 0 Å². The molecule has 2 aromatic rings. The summed E-state index contributed by atoms with van der Waals surface area (Å²) in [6.45, 7) is 6.71. The van der Waals surface area contributed by atoms with Gasteiger partial charge in [-0.2, -0.15) is 0 Å². The molecule has 0 aliphatic carbocycles. The number of hydrogen-bond acceptors (Lipinski definition) is 5. The van der Waals surface area contributed by atoms with Crippen LogP contribution in [0.3, 0.4) is 0 Å². The largest absolute Gasteiger partial charge is 0.469 e. The molecule has 0 unspecified atom stereocenters. The summed E-state index contributed by atoms with van der Waals surface area (Å²) in [5.41, 5.74) is 3.21. The first-order valence-electron chi connectivity index (χ1n) is 10.6. The number of amides is 1. The number of esters is 1. The Morgan fingerprint density at radius 3 is 2.66 bits per heavy atom. The van der Waals surface area contributed by atoms with Gasteiger partial charge in [-0.25, -0.2) is 4.98 Å². The number of carbonyl (C=O) groups excluding carboxylic acids is 2. The van der Waals surface area contributed by atoms with Crippen molar-refractivity contribution in [2.75, 3.05) is 25.5 Å². The Hall–Kier alpha value is -2.41. The lowest BCUT2D eigenvalue weighted by atomic mass is 9.90. The van der Waals surface area contributed by atoms with Crippen molar-refractivity contribution in [3.8, 4) is 0 Å². The normalized spacial score (nSPS) is 15.7. The summed E-state index contributed by atoms with van der Waals surface area (Å²) in [4.78, 5) is 33.9. The number of hydrogen-bond donors (Lipinski definition) is 2. The fraction of sp³-hybridized carbons (Fsp3) is 0.591. The minimum atomic E-state index is -0.239. The maximum Gasteiger partial charge on any atom is 0.305 e. The molecular weight excluding hydrogens is 368 g/mol. The third-order valence-corrected chi connectivity index (χ3v) is 5.78. The van der Waals surface area contributed by atoms with Crippen LogP contribution >= 0.6 is 0 Å². The molecule has 3 rings (SSSR count). The Morgan fingerprint density at radius 2 is 1.97 bits per heavy atom. The number of piperidine rings is 1. The predicted molar refractivity (Wildman–Crippen MR) is 114 cm³/mol. The van der Waals surface area contributed by atoms with Crippen molar-refractivity contribution >= 4 is 28.7 Å². The van der Waals surface area contributed by atoms with Gasteiger partial charge in [0.05, 0.1) is 18.1 Å². The Bertz CT molecular complexity index is 838. The molecule has 29 heavy (non-hydrogen) atoms. The van der Waals surface area contributed by atoms with Gasteiger partial charge < -0.3 is 19.9 Å². The second kappa shape index (κ2) is 9.87. The zero-order valence-corrected chi connectivity index (χ0v) is 17.7. The molecule has 0 spiro atoms. The first kappa shape index (κ1) is 21.3. The highest BCUT2D eigenvalue weighted by molar-refractivity contribution is 5.91. The lowest BCUT2D eigenvalue weighted by molar-refractivity contribution is -0.140. The van der Waals surface area contributed by atoms with Crippen LogP contribution in [-0.2, 0) is 14.3 Å². The van der Waals surface area contributed by atoms with Gasteiger partial charge in [-0.15, -0.1) is 0 Å². The fourth-order valence-electron chi connectivity index (χ4n) is 3.99. The number of carbonyl (C=O) groups is 2. The van der Waals surface area contributed by atoms with Crippen molar-refractivity contribution in [2.24, 2.45) is 0 Å². The Balaban J connectivity index is 1.59. The van der Waals surface area contributed by atoms with Crippen molar-refractivity contribution in [1.82, 2.24) is 14.9 Å². The highest BCUT2D eigenvalue weighted by Gasteiger charge is 2.24. The lowest BCUT2D eigenvalue weighted by Gasteiger charge is -2.34. The number of pyridine rings is 1. The number of H-pyrrole nitrogens is 1. The molecule has 2 N–H and O–H groups in total. The first-order chi connectivity index (χ1) is 14.0. The molecule has 0 aromatic carbocycles. The zero-order chi connectivity index (χ0) is 20.8. The average Bonchev–Trinajstić information content (AvgIpc) is 3.14. The third kappa shape index (κ3) is 5.56. The molecule has 1 aliphatic heterocycles. The molecule has 0 bridgehead atoms. The number of likely N-dealkylation sites (tertiary alicyclic amines) is 1. The number of fused-ring (bicyclic) bond motifs is 1. The molecule has 158 valence electrons.